The maximum atomic E-state index is 13.9. The molecule has 35 heavy (non-hydrogen) atoms. The van der Waals surface area contributed by atoms with E-state index in [2.05, 4.69) is 0 Å². The van der Waals surface area contributed by atoms with Gasteiger partial charge in [0.05, 0.1) is 11.7 Å². The monoisotopic (exact) mass is 481 g/mol. The summed E-state index contributed by atoms with van der Waals surface area (Å²) in [6, 6.07) is 7.48. The fraction of sp³-hybridized carbons (Fsp3) is 0.346. The number of aliphatic hydroxyl groups is 3. The SMILES string of the molecule is Cc1cc(-c2ccc(O)c3c2C[C@H]2C[C@H]4CC(O)C(C(N)=O)C(=O)[C@@]4(O)C(O)=C2C3=O)ccc1F. The normalized spacial score (nSPS) is 29.9. The number of carbonyl (C=O) groups excluding carboxylic acids is 3. The van der Waals surface area contributed by atoms with Crippen LogP contribution >= 0.6 is 0 Å². The van der Waals surface area contributed by atoms with Crippen LogP contribution in [0.3, 0.4) is 0 Å². The molecular weight excluding hydrogens is 457 g/mol. The number of hydrogen-bond acceptors (Lipinski definition) is 7. The molecule has 0 heterocycles. The molecule has 1 fully saturated rings. The smallest absolute Gasteiger partial charge is 0.230 e. The van der Waals surface area contributed by atoms with Gasteiger partial charge in [0.25, 0.3) is 0 Å². The number of allylic oxidation sites excluding steroid dienone is 1. The molecule has 0 spiro atoms. The second-order valence-corrected chi connectivity index (χ2v) is 9.69. The number of halogens is 1. The maximum absolute atomic E-state index is 13.9. The fourth-order valence-electron chi connectivity index (χ4n) is 6.01. The van der Waals surface area contributed by atoms with Crippen molar-refractivity contribution in [2.75, 3.05) is 0 Å². The molecule has 3 aliphatic carbocycles. The van der Waals surface area contributed by atoms with Crippen molar-refractivity contribution < 1.29 is 39.2 Å². The maximum Gasteiger partial charge on any atom is 0.230 e. The summed E-state index contributed by atoms with van der Waals surface area (Å²) in [5, 5.41) is 43.3. The minimum absolute atomic E-state index is 0.0703. The van der Waals surface area contributed by atoms with Crippen molar-refractivity contribution in [2.24, 2.45) is 23.5 Å². The zero-order valence-electron chi connectivity index (χ0n) is 18.8. The number of phenols is 1. The number of rotatable bonds is 2. The number of Topliss-reactive ketones (excluding diaryl/α,β-unsaturated/α-hetero) is 2. The molecule has 8 nitrogen and oxygen atoms in total. The van der Waals surface area contributed by atoms with Gasteiger partial charge in [-0.3, -0.25) is 14.4 Å². The zero-order chi connectivity index (χ0) is 25.4. The number of ketones is 2. The van der Waals surface area contributed by atoms with Crippen LogP contribution in [0.1, 0.15) is 34.3 Å². The third kappa shape index (κ3) is 3.15. The third-order valence-electron chi connectivity index (χ3n) is 7.74. The Bertz CT molecular complexity index is 1350. The molecule has 6 N–H and O–H groups in total. The first-order valence-electron chi connectivity index (χ1n) is 11.3. The highest BCUT2D eigenvalue weighted by Crippen LogP contribution is 2.52. The van der Waals surface area contributed by atoms with Gasteiger partial charge in [0, 0.05) is 11.5 Å². The highest BCUT2D eigenvalue weighted by molar-refractivity contribution is 6.16. The zero-order valence-corrected chi connectivity index (χ0v) is 18.8. The van der Waals surface area contributed by atoms with Gasteiger partial charge in [0.15, 0.2) is 17.2 Å². The van der Waals surface area contributed by atoms with Crippen molar-refractivity contribution in [3.8, 4) is 16.9 Å². The molecule has 182 valence electrons. The standard InChI is InChI=1S/C26H24FNO7/c1-10-6-11(2-4-16(10)27)14-3-5-17(29)20-15(14)8-12-7-13-9-18(30)21(25(28)34)24(33)26(13,35)23(32)19(12)22(20)31/h2-6,12-13,18,21,29-30,32,35H,7-9H2,1H3,(H2,28,34)/t12-,13+,18?,21?,26+/m1/s1. The van der Waals surface area contributed by atoms with E-state index < -0.39 is 52.7 Å². The minimum Gasteiger partial charge on any atom is -0.508 e. The average molecular weight is 481 g/mol. The number of aromatic hydroxyl groups is 1. The van der Waals surface area contributed by atoms with Crippen LogP contribution < -0.4 is 5.73 Å². The second-order valence-electron chi connectivity index (χ2n) is 9.69. The molecule has 1 amide bonds. The topological polar surface area (TPSA) is 158 Å². The summed E-state index contributed by atoms with van der Waals surface area (Å²) in [6.45, 7) is 1.61. The van der Waals surface area contributed by atoms with Gasteiger partial charge in [-0.2, -0.15) is 0 Å². The van der Waals surface area contributed by atoms with Crippen molar-refractivity contribution in [3.63, 3.8) is 0 Å². The van der Waals surface area contributed by atoms with Gasteiger partial charge in [-0.1, -0.05) is 12.1 Å². The molecule has 3 aliphatic rings. The van der Waals surface area contributed by atoms with Crippen molar-refractivity contribution in [3.05, 3.63) is 64.2 Å². The molecule has 2 aromatic rings. The first-order chi connectivity index (χ1) is 16.5. The number of amides is 1. The Morgan fingerprint density at radius 1 is 1.14 bits per heavy atom. The van der Waals surface area contributed by atoms with E-state index >= 15 is 0 Å². The lowest BCUT2D eigenvalue weighted by Crippen LogP contribution is -2.63. The molecule has 0 aromatic heterocycles. The van der Waals surface area contributed by atoms with Crippen LogP contribution in [0.4, 0.5) is 4.39 Å². The number of benzene rings is 2. The van der Waals surface area contributed by atoms with E-state index in [1.54, 1.807) is 25.1 Å². The predicted molar refractivity (Wildman–Crippen MR) is 121 cm³/mol. The molecule has 2 unspecified atom stereocenters. The van der Waals surface area contributed by atoms with E-state index in [0.29, 0.717) is 22.3 Å². The Kier molecular flexibility index (Phi) is 5.12. The molecule has 1 saturated carbocycles. The summed E-state index contributed by atoms with van der Waals surface area (Å²) in [5.41, 5.74) is 4.61. The summed E-state index contributed by atoms with van der Waals surface area (Å²) >= 11 is 0. The highest BCUT2D eigenvalue weighted by Gasteiger charge is 2.62. The quantitative estimate of drug-likeness (QED) is 0.410. The number of nitrogens with two attached hydrogens (primary N) is 1. The highest BCUT2D eigenvalue weighted by atomic mass is 19.1. The Labute approximate surface area is 199 Å². The molecule has 9 heteroatoms. The Hall–Kier alpha value is -3.56. The Morgan fingerprint density at radius 3 is 2.51 bits per heavy atom. The van der Waals surface area contributed by atoms with Crippen molar-refractivity contribution in [2.45, 2.75) is 37.9 Å². The molecule has 0 radical (unpaired) electrons. The molecule has 0 bridgehead atoms. The van der Waals surface area contributed by atoms with E-state index in [1.807, 2.05) is 0 Å². The molecule has 2 aromatic carbocycles. The van der Waals surface area contributed by atoms with E-state index in [0.717, 1.165) is 0 Å². The van der Waals surface area contributed by atoms with E-state index in [1.165, 1.54) is 12.1 Å². The first kappa shape index (κ1) is 23.2. The van der Waals surface area contributed by atoms with Crippen LogP contribution in [0.5, 0.6) is 5.75 Å². The van der Waals surface area contributed by atoms with Crippen molar-refractivity contribution in [1.29, 1.82) is 0 Å². The van der Waals surface area contributed by atoms with Crippen LogP contribution in [0.2, 0.25) is 0 Å². The predicted octanol–water partition coefficient (Wildman–Crippen LogP) is 1.86. The number of fused-ring (bicyclic) bond motifs is 3. The van der Waals surface area contributed by atoms with Crippen LogP contribution in [-0.2, 0) is 16.0 Å². The number of carbonyl (C=O) groups is 3. The summed E-state index contributed by atoms with van der Waals surface area (Å²) in [4.78, 5) is 38.4. The van der Waals surface area contributed by atoms with E-state index in [4.69, 9.17) is 5.73 Å². The first-order valence-corrected chi connectivity index (χ1v) is 11.3. The minimum atomic E-state index is -2.54. The lowest BCUT2D eigenvalue weighted by Gasteiger charge is -2.48. The lowest BCUT2D eigenvalue weighted by atomic mass is 9.57. The summed E-state index contributed by atoms with van der Waals surface area (Å²) in [6.07, 6.45) is -1.33. The lowest BCUT2D eigenvalue weighted by molar-refractivity contribution is -0.167. The van der Waals surface area contributed by atoms with Gasteiger partial charge in [0.2, 0.25) is 5.91 Å². The largest absolute Gasteiger partial charge is 0.508 e. The summed E-state index contributed by atoms with van der Waals surface area (Å²) < 4.78 is 13.9. The van der Waals surface area contributed by atoms with Crippen LogP contribution in [0, 0.1) is 30.5 Å². The number of aryl methyl sites for hydroxylation is 1. The van der Waals surface area contributed by atoms with Gasteiger partial charge < -0.3 is 26.2 Å². The van der Waals surface area contributed by atoms with Crippen LogP contribution in [-0.4, -0.2) is 49.6 Å². The summed E-state index contributed by atoms with van der Waals surface area (Å²) in [7, 11) is 0. The molecule has 5 atom stereocenters. The van der Waals surface area contributed by atoms with Crippen LogP contribution in [0.15, 0.2) is 41.7 Å². The van der Waals surface area contributed by atoms with Gasteiger partial charge in [-0.05, 0) is 72.6 Å². The van der Waals surface area contributed by atoms with Gasteiger partial charge in [0.1, 0.15) is 23.2 Å². The second kappa shape index (κ2) is 7.73. The van der Waals surface area contributed by atoms with E-state index in [9.17, 15) is 39.2 Å². The molecule has 0 saturated heterocycles. The number of aliphatic hydroxyl groups excluding tert-OH is 2. The fourth-order valence-corrected chi connectivity index (χ4v) is 6.01. The number of phenolic OH excluding ortho intramolecular Hbond substituents is 1. The molecule has 0 aliphatic heterocycles. The number of hydrogen-bond donors (Lipinski definition) is 5. The average Bonchev–Trinajstić information content (AvgIpc) is 2.78. The van der Waals surface area contributed by atoms with Crippen molar-refractivity contribution in [1.82, 2.24) is 0 Å². The van der Waals surface area contributed by atoms with Gasteiger partial charge >= 0.3 is 0 Å². The van der Waals surface area contributed by atoms with Gasteiger partial charge in [-0.25, -0.2) is 4.39 Å². The Balaban J connectivity index is 1.67. The number of primary amides is 1. The van der Waals surface area contributed by atoms with Crippen LogP contribution in [0.25, 0.3) is 11.1 Å². The summed E-state index contributed by atoms with van der Waals surface area (Å²) in [5.74, 6) is -7.88. The molecule has 5 rings (SSSR count). The van der Waals surface area contributed by atoms with Crippen molar-refractivity contribution >= 4 is 17.5 Å². The van der Waals surface area contributed by atoms with E-state index in [-0.39, 0.29) is 42.0 Å². The third-order valence-corrected chi connectivity index (χ3v) is 7.74. The molecular formula is C26H24FNO7. The van der Waals surface area contributed by atoms with Gasteiger partial charge in [-0.15, -0.1) is 0 Å². The Morgan fingerprint density at radius 2 is 1.86 bits per heavy atom.